The van der Waals surface area contributed by atoms with Crippen LogP contribution in [0.4, 0.5) is 5.95 Å². The predicted molar refractivity (Wildman–Crippen MR) is 99.6 cm³/mol. The third-order valence-corrected chi connectivity index (χ3v) is 5.10. The predicted octanol–water partition coefficient (Wildman–Crippen LogP) is 2.48. The third kappa shape index (κ3) is 3.28. The van der Waals surface area contributed by atoms with Crippen LogP contribution in [0.5, 0.6) is 0 Å². The Hall–Kier alpha value is -2.30. The highest BCUT2D eigenvalue weighted by Gasteiger charge is 2.30. The fourth-order valence-electron chi connectivity index (χ4n) is 3.07. The van der Waals surface area contributed by atoms with Crippen molar-refractivity contribution in [3.8, 4) is 5.69 Å². The average molecular weight is 450 g/mol. The number of hydrogen-bond acceptors (Lipinski definition) is 6. The van der Waals surface area contributed by atoms with Gasteiger partial charge in [-0.3, -0.25) is 4.79 Å². The Bertz CT molecular complexity index is 926. The molecule has 4 rings (SSSR count). The second-order valence-electron chi connectivity index (χ2n) is 6.07. The van der Waals surface area contributed by atoms with Crippen LogP contribution in [0.2, 0.25) is 0 Å². The molecular weight excluding hydrogens is 435 g/mol. The van der Waals surface area contributed by atoms with Gasteiger partial charge >= 0.3 is 5.97 Å². The van der Waals surface area contributed by atoms with Gasteiger partial charge in [-0.2, -0.15) is 9.67 Å². The van der Waals surface area contributed by atoms with Crippen LogP contribution in [0.15, 0.2) is 30.5 Å². The minimum Gasteiger partial charge on any atom is -0.481 e. The summed E-state index contributed by atoms with van der Waals surface area (Å²) in [6.45, 7) is 0. The topological polar surface area (TPSA) is 106 Å². The maximum absolute atomic E-state index is 11.1. The summed E-state index contributed by atoms with van der Waals surface area (Å²) in [6, 6.07) is 7.98. The van der Waals surface area contributed by atoms with E-state index in [4.69, 9.17) is 5.11 Å². The Morgan fingerprint density at radius 3 is 2.80 bits per heavy atom. The van der Waals surface area contributed by atoms with E-state index in [1.807, 2.05) is 24.3 Å². The lowest BCUT2D eigenvalue weighted by molar-refractivity contribution is -0.141. The Kier molecular flexibility index (Phi) is 4.24. The molecule has 1 aliphatic carbocycles. The number of aromatic nitrogens is 5. The summed E-state index contributed by atoms with van der Waals surface area (Å²) in [5.74, 6) is -0.556. The molecule has 2 atom stereocenters. The van der Waals surface area contributed by atoms with Crippen molar-refractivity contribution < 1.29 is 9.90 Å². The van der Waals surface area contributed by atoms with Crippen LogP contribution in [0.3, 0.4) is 0 Å². The highest BCUT2D eigenvalue weighted by Crippen LogP contribution is 2.27. The monoisotopic (exact) mass is 450 g/mol. The first-order chi connectivity index (χ1) is 12.1. The molecule has 8 nitrogen and oxygen atoms in total. The first-order valence-electron chi connectivity index (χ1n) is 7.94. The van der Waals surface area contributed by atoms with Crippen LogP contribution in [0.25, 0.3) is 16.9 Å². The second-order valence-corrected chi connectivity index (χ2v) is 7.32. The molecule has 128 valence electrons. The zero-order valence-electron chi connectivity index (χ0n) is 13.1. The largest absolute Gasteiger partial charge is 0.481 e. The van der Waals surface area contributed by atoms with Crippen molar-refractivity contribution in [3.63, 3.8) is 0 Å². The lowest BCUT2D eigenvalue weighted by Gasteiger charge is -2.12. The van der Waals surface area contributed by atoms with E-state index in [2.05, 4.69) is 48.2 Å². The number of nitrogens with zero attached hydrogens (tertiary/aromatic N) is 5. The first-order valence-corrected chi connectivity index (χ1v) is 9.02. The van der Waals surface area contributed by atoms with Gasteiger partial charge in [-0.05, 0) is 66.1 Å². The van der Waals surface area contributed by atoms with Crippen LogP contribution in [0.1, 0.15) is 19.3 Å². The second kappa shape index (κ2) is 6.54. The van der Waals surface area contributed by atoms with E-state index in [-0.39, 0.29) is 12.0 Å². The summed E-state index contributed by atoms with van der Waals surface area (Å²) in [6.07, 6.45) is 3.69. The lowest BCUT2D eigenvalue weighted by Crippen LogP contribution is -2.19. The third-order valence-electron chi connectivity index (χ3n) is 4.38. The van der Waals surface area contributed by atoms with Gasteiger partial charge in [0.25, 0.3) is 0 Å². The van der Waals surface area contributed by atoms with Crippen molar-refractivity contribution in [2.24, 2.45) is 5.92 Å². The van der Waals surface area contributed by atoms with Crippen molar-refractivity contribution >= 4 is 45.7 Å². The number of anilines is 1. The summed E-state index contributed by atoms with van der Waals surface area (Å²) < 4.78 is 2.81. The van der Waals surface area contributed by atoms with E-state index in [0.29, 0.717) is 30.0 Å². The summed E-state index contributed by atoms with van der Waals surface area (Å²) in [5, 5.41) is 20.6. The molecule has 25 heavy (non-hydrogen) atoms. The number of rotatable bonds is 4. The SMILES string of the molecule is O=C(O)[C@@H]1CC[C@@H](Nc2ncc3nnn(-c4ccc(I)cc4)c3n2)C1. The number of fused-ring (bicyclic) bond motifs is 1. The van der Waals surface area contributed by atoms with Crippen LogP contribution < -0.4 is 5.32 Å². The zero-order valence-corrected chi connectivity index (χ0v) is 15.3. The van der Waals surface area contributed by atoms with E-state index >= 15 is 0 Å². The maximum atomic E-state index is 11.1. The van der Waals surface area contributed by atoms with Gasteiger partial charge in [-0.15, -0.1) is 5.10 Å². The summed E-state index contributed by atoms with van der Waals surface area (Å²) in [4.78, 5) is 19.9. The summed E-state index contributed by atoms with van der Waals surface area (Å²) in [7, 11) is 0. The summed E-state index contributed by atoms with van der Waals surface area (Å²) >= 11 is 2.25. The van der Waals surface area contributed by atoms with Crippen molar-refractivity contribution in [3.05, 3.63) is 34.0 Å². The van der Waals surface area contributed by atoms with Crippen molar-refractivity contribution in [2.75, 3.05) is 5.32 Å². The molecule has 0 bridgehead atoms. The molecule has 1 aliphatic rings. The van der Waals surface area contributed by atoms with Crippen LogP contribution >= 0.6 is 22.6 Å². The van der Waals surface area contributed by atoms with Gasteiger partial charge in [-0.1, -0.05) is 5.21 Å². The van der Waals surface area contributed by atoms with E-state index in [9.17, 15) is 4.79 Å². The Morgan fingerprint density at radius 1 is 1.28 bits per heavy atom. The number of nitrogens with one attached hydrogen (secondary N) is 1. The number of carbonyl (C=O) groups is 1. The molecule has 0 radical (unpaired) electrons. The number of aliphatic carboxylic acids is 1. The lowest BCUT2D eigenvalue weighted by atomic mass is 10.1. The fourth-order valence-corrected chi connectivity index (χ4v) is 3.43. The molecule has 0 amide bonds. The standard InChI is InChI=1S/C16H15IN6O2/c17-10-2-5-12(6-3-10)23-14-13(21-22-23)8-18-16(20-14)19-11-4-1-9(7-11)15(24)25/h2-3,5-6,8-9,11H,1,4,7H2,(H,24,25)(H,18,19,20)/t9-,11-/m1/s1. The molecule has 0 unspecified atom stereocenters. The van der Waals surface area contributed by atoms with Crippen molar-refractivity contribution in [1.82, 2.24) is 25.0 Å². The molecule has 1 fully saturated rings. The molecule has 1 aromatic carbocycles. The Balaban J connectivity index is 1.60. The molecule has 2 heterocycles. The molecule has 2 N–H and O–H groups in total. The normalized spacial score (nSPS) is 20.0. The minimum absolute atomic E-state index is 0.0705. The molecule has 0 spiro atoms. The molecule has 1 saturated carbocycles. The van der Waals surface area contributed by atoms with Crippen molar-refractivity contribution in [1.29, 1.82) is 0 Å². The van der Waals surface area contributed by atoms with Gasteiger partial charge in [-0.25, -0.2) is 4.98 Å². The molecular formula is C16H15IN6O2. The number of hydrogen-bond donors (Lipinski definition) is 2. The van der Waals surface area contributed by atoms with Gasteiger partial charge in [0.1, 0.15) is 0 Å². The molecule has 0 aliphatic heterocycles. The average Bonchev–Trinajstić information content (AvgIpc) is 3.22. The van der Waals surface area contributed by atoms with Crippen molar-refractivity contribution in [2.45, 2.75) is 25.3 Å². The summed E-state index contributed by atoms with van der Waals surface area (Å²) in [5.41, 5.74) is 2.10. The number of halogens is 1. The number of carboxylic acid groups (broad SMARTS) is 1. The zero-order chi connectivity index (χ0) is 17.4. The van der Waals surface area contributed by atoms with Gasteiger partial charge in [0.05, 0.1) is 17.8 Å². The van der Waals surface area contributed by atoms with Gasteiger partial charge in [0.15, 0.2) is 11.2 Å². The molecule has 9 heteroatoms. The molecule has 0 saturated heterocycles. The van der Waals surface area contributed by atoms with E-state index < -0.39 is 5.97 Å². The number of benzene rings is 1. The van der Waals surface area contributed by atoms with Gasteiger partial charge in [0.2, 0.25) is 5.95 Å². The quantitative estimate of drug-likeness (QED) is 0.589. The highest BCUT2D eigenvalue weighted by atomic mass is 127. The van der Waals surface area contributed by atoms with Crippen LogP contribution in [0, 0.1) is 9.49 Å². The highest BCUT2D eigenvalue weighted by molar-refractivity contribution is 14.1. The number of carboxylic acids is 1. The van der Waals surface area contributed by atoms with Crippen LogP contribution in [-0.2, 0) is 4.79 Å². The fraction of sp³-hybridized carbons (Fsp3) is 0.312. The first kappa shape index (κ1) is 16.2. The van der Waals surface area contributed by atoms with E-state index in [1.165, 1.54) is 0 Å². The maximum Gasteiger partial charge on any atom is 0.306 e. The minimum atomic E-state index is -0.735. The van der Waals surface area contributed by atoms with E-state index in [1.54, 1.807) is 10.9 Å². The van der Waals surface area contributed by atoms with E-state index in [0.717, 1.165) is 15.7 Å². The Morgan fingerprint density at radius 2 is 2.08 bits per heavy atom. The van der Waals surface area contributed by atoms with Crippen LogP contribution in [-0.4, -0.2) is 42.1 Å². The smallest absolute Gasteiger partial charge is 0.306 e. The Labute approximate surface area is 156 Å². The van der Waals surface area contributed by atoms with Gasteiger partial charge < -0.3 is 10.4 Å². The molecule has 2 aromatic heterocycles. The van der Waals surface area contributed by atoms with Gasteiger partial charge in [0, 0.05) is 9.61 Å². The molecule has 3 aromatic rings.